The Morgan fingerprint density at radius 3 is 1.73 bits per heavy atom. The molecule has 0 heterocycles. The number of carbonyl (C=O) groups excluding carboxylic acids is 3. The second-order valence-corrected chi connectivity index (χ2v) is 8.04. The molecule has 7 N–H and O–H groups in total. The SMILES string of the molecule is CC(C)CC(NC(=O)C(C)N)C(=O)NC(C(=O)NC(CCC(=O)O)C(=O)O)C(C)C. The molecule has 0 aromatic rings. The molecule has 0 saturated heterocycles. The van der Waals surface area contributed by atoms with Crippen molar-refractivity contribution in [2.45, 2.75) is 78.0 Å². The highest BCUT2D eigenvalue weighted by Gasteiger charge is 2.32. The van der Waals surface area contributed by atoms with Crippen molar-refractivity contribution in [1.29, 1.82) is 0 Å². The molecule has 4 atom stereocenters. The van der Waals surface area contributed by atoms with E-state index in [2.05, 4.69) is 16.0 Å². The van der Waals surface area contributed by atoms with Crippen molar-refractivity contribution in [2.24, 2.45) is 17.6 Å². The topological polar surface area (TPSA) is 188 Å². The number of carboxylic acids is 2. The van der Waals surface area contributed by atoms with Crippen molar-refractivity contribution < 1.29 is 34.2 Å². The largest absolute Gasteiger partial charge is 0.481 e. The summed E-state index contributed by atoms with van der Waals surface area (Å²) in [6.45, 7) is 8.54. The zero-order valence-corrected chi connectivity index (χ0v) is 18.1. The smallest absolute Gasteiger partial charge is 0.326 e. The van der Waals surface area contributed by atoms with Crippen LogP contribution in [-0.4, -0.2) is 64.0 Å². The van der Waals surface area contributed by atoms with Crippen molar-refractivity contribution in [2.75, 3.05) is 0 Å². The van der Waals surface area contributed by atoms with Crippen LogP contribution in [0.1, 0.15) is 53.9 Å². The van der Waals surface area contributed by atoms with E-state index in [0.29, 0.717) is 6.42 Å². The standard InChI is InChI=1S/C19H34N4O7/c1-9(2)8-13(22-16(26)11(5)20)17(27)23-15(10(3)4)18(28)21-12(19(29)30)6-7-14(24)25/h9-13,15H,6-8,20H2,1-5H3,(H,21,28)(H,22,26)(H,23,27)(H,24,25)(H,29,30). The van der Waals surface area contributed by atoms with E-state index in [1.807, 2.05) is 13.8 Å². The van der Waals surface area contributed by atoms with Gasteiger partial charge in [-0.15, -0.1) is 0 Å². The molecule has 30 heavy (non-hydrogen) atoms. The van der Waals surface area contributed by atoms with Crippen LogP contribution in [0.15, 0.2) is 0 Å². The number of nitrogens with two attached hydrogens (primary N) is 1. The Balaban J connectivity index is 5.34. The monoisotopic (exact) mass is 430 g/mol. The number of carboxylic acid groups (broad SMARTS) is 2. The maximum absolute atomic E-state index is 12.8. The maximum atomic E-state index is 12.8. The number of amides is 3. The molecule has 0 bridgehead atoms. The summed E-state index contributed by atoms with van der Waals surface area (Å²) >= 11 is 0. The third-order valence-electron chi connectivity index (χ3n) is 4.26. The van der Waals surface area contributed by atoms with Gasteiger partial charge in [-0.2, -0.15) is 0 Å². The second kappa shape index (κ2) is 12.8. The van der Waals surface area contributed by atoms with Crippen LogP contribution in [-0.2, 0) is 24.0 Å². The molecule has 0 aliphatic heterocycles. The normalized spacial score (nSPS) is 15.1. The van der Waals surface area contributed by atoms with Crippen LogP contribution < -0.4 is 21.7 Å². The summed E-state index contributed by atoms with van der Waals surface area (Å²) in [5.74, 6) is -4.76. The van der Waals surface area contributed by atoms with E-state index in [9.17, 15) is 29.1 Å². The summed E-state index contributed by atoms with van der Waals surface area (Å²) in [6, 6.07) is -4.22. The lowest BCUT2D eigenvalue weighted by molar-refractivity contribution is -0.143. The van der Waals surface area contributed by atoms with Crippen molar-refractivity contribution in [1.82, 2.24) is 16.0 Å². The Kier molecular flexibility index (Phi) is 11.6. The Labute approximate surface area is 176 Å². The fourth-order valence-corrected chi connectivity index (χ4v) is 2.58. The number of carbonyl (C=O) groups is 5. The third kappa shape index (κ3) is 10.2. The molecule has 0 aromatic carbocycles. The molecule has 11 nitrogen and oxygen atoms in total. The lowest BCUT2D eigenvalue weighted by Crippen LogP contribution is -2.58. The van der Waals surface area contributed by atoms with Gasteiger partial charge in [0.05, 0.1) is 6.04 Å². The van der Waals surface area contributed by atoms with Crippen molar-refractivity contribution >= 4 is 29.7 Å². The molecule has 0 spiro atoms. The molecular weight excluding hydrogens is 396 g/mol. The van der Waals surface area contributed by atoms with Crippen LogP contribution >= 0.6 is 0 Å². The first-order chi connectivity index (χ1) is 13.8. The zero-order chi connectivity index (χ0) is 23.6. The van der Waals surface area contributed by atoms with Gasteiger partial charge >= 0.3 is 11.9 Å². The number of hydrogen-bond acceptors (Lipinski definition) is 6. The van der Waals surface area contributed by atoms with Crippen LogP contribution in [0.25, 0.3) is 0 Å². The van der Waals surface area contributed by atoms with Crippen molar-refractivity contribution in [3.63, 3.8) is 0 Å². The van der Waals surface area contributed by atoms with Crippen molar-refractivity contribution in [3.05, 3.63) is 0 Å². The van der Waals surface area contributed by atoms with Gasteiger partial charge in [-0.25, -0.2) is 4.79 Å². The van der Waals surface area contributed by atoms with E-state index in [0.717, 1.165) is 0 Å². The molecule has 11 heteroatoms. The molecular formula is C19H34N4O7. The quantitative estimate of drug-likeness (QED) is 0.224. The maximum Gasteiger partial charge on any atom is 0.326 e. The zero-order valence-electron chi connectivity index (χ0n) is 18.1. The Bertz CT molecular complexity index is 634. The minimum absolute atomic E-state index is 0.0628. The van der Waals surface area contributed by atoms with Crippen LogP contribution in [0.2, 0.25) is 0 Å². The fraction of sp³-hybridized carbons (Fsp3) is 0.737. The molecule has 0 radical (unpaired) electrons. The van der Waals surface area contributed by atoms with E-state index >= 15 is 0 Å². The van der Waals surface area contributed by atoms with Crippen molar-refractivity contribution in [3.8, 4) is 0 Å². The molecule has 0 fully saturated rings. The van der Waals surface area contributed by atoms with Crippen LogP contribution in [0.5, 0.6) is 0 Å². The second-order valence-electron chi connectivity index (χ2n) is 8.04. The summed E-state index contributed by atoms with van der Waals surface area (Å²) in [6.07, 6.45) is -0.418. The van der Waals surface area contributed by atoms with Gasteiger partial charge in [-0.3, -0.25) is 19.2 Å². The average molecular weight is 431 g/mol. The van der Waals surface area contributed by atoms with E-state index in [-0.39, 0.29) is 12.3 Å². The molecule has 3 amide bonds. The van der Waals surface area contributed by atoms with E-state index in [1.165, 1.54) is 6.92 Å². The Hall–Kier alpha value is -2.69. The molecule has 0 aliphatic rings. The van der Waals surface area contributed by atoms with Gasteiger partial charge < -0.3 is 31.9 Å². The lowest BCUT2D eigenvalue weighted by atomic mass is 9.99. The van der Waals surface area contributed by atoms with Crippen LogP contribution in [0.4, 0.5) is 0 Å². The number of rotatable bonds is 13. The highest BCUT2D eigenvalue weighted by molar-refractivity contribution is 5.94. The van der Waals surface area contributed by atoms with Gasteiger partial charge in [0.25, 0.3) is 0 Å². The molecule has 172 valence electrons. The first-order valence-corrected chi connectivity index (χ1v) is 9.87. The first kappa shape index (κ1) is 27.3. The number of nitrogens with one attached hydrogen (secondary N) is 3. The van der Waals surface area contributed by atoms with Gasteiger partial charge in [0.1, 0.15) is 18.1 Å². The minimum atomic E-state index is -1.41. The van der Waals surface area contributed by atoms with Gasteiger partial charge in [0, 0.05) is 6.42 Å². The molecule has 0 saturated carbocycles. The highest BCUT2D eigenvalue weighted by Crippen LogP contribution is 2.09. The van der Waals surface area contributed by atoms with Crippen LogP contribution in [0.3, 0.4) is 0 Å². The summed E-state index contributed by atoms with van der Waals surface area (Å²) in [4.78, 5) is 59.3. The highest BCUT2D eigenvalue weighted by atomic mass is 16.4. The van der Waals surface area contributed by atoms with E-state index in [4.69, 9.17) is 10.8 Å². The molecule has 0 aromatic heterocycles. The predicted octanol–water partition coefficient (Wildman–Crippen LogP) is -0.560. The Morgan fingerprint density at radius 2 is 1.33 bits per heavy atom. The van der Waals surface area contributed by atoms with Gasteiger partial charge in [-0.05, 0) is 31.6 Å². The molecule has 0 aliphatic carbocycles. The first-order valence-electron chi connectivity index (χ1n) is 9.87. The molecule has 4 unspecified atom stereocenters. The Morgan fingerprint density at radius 1 is 0.800 bits per heavy atom. The summed E-state index contributed by atoms with van der Waals surface area (Å²) in [5.41, 5.74) is 5.54. The van der Waals surface area contributed by atoms with Gasteiger partial charge in [-0.1, -0.05) is 27.7 Å². The van der Waals surface area contributed by atoms with E-state index < -0.39 is 66.2 Å². The van der Waals surface area contributed by atoms with Gasteiger partial charge in [0.15, 0.2) is 0 Å². The van der Waals surface area contributed by atoms with E-state index in [1.54, 1.807) is 13.8 Å². The van der Waals surface area contributed by atoms with Crippen LogP contribution in [0, 0.1) is 11.8 Å². The fourth-order valence-electron chi connectivity index (χ4n) is 2.58. The average Bonchev–Trinajstić information content (AvgIpc) is 2.60. The number of hydrogen-bond donors (Lipinski definition) is 6. The predicted molar refractivity (Wildman–Crippen MR) is 108 cm³/mol. The minimum Gasteiger partial charge on any atom is -0.481 e. The number of aliphatic carboxylic acids is 2. The molecule has 0 rings (SSSR count). The van der Waals surface area contributed by atoms with Gasteiger partial charge in [0.2, 0.25) is 17.7 Å². The lowest BCUT2D eigenvalue weighted by Gasteiger charge is -2.27. The third-order valence-corrected chi connectivity index (χ3v) is 4.26. The summed E-state index contributed by atoms with van der Waals surface area (Å²) in [5, 5.41) is 25.3. The summed E-state index contributed by atoms with van der Waals surface area (Å²) < 4.78 is 0. The summed E-state index contributed by atoms with van der Waals surface area (Å²) in [7, 11) is 0.